The molecule has 0 aromatic carbocycles. The minimum Gasteiger partial charge on any atom is -0.390 e. The molecule has 0 aliphatic rings. The van der Waals surface area contributed by atoms with E-state index in [-0.39, 0.29) is 39.6 Å². The van der Waals surface area contributed by atoms with Gasteiger partial charge >= 0.3 is 0 Å². The van der Waals surface area contributed by atoms with Crippen LogP contribution in [0.4, 0.5) is 0 Å². The molecule has 0 aliphatic carbocycles. The van der Waals surface area contributed by atoms with Gasteiger partial charge in [-0.25, -0.2) is 0 Å². The summed E-state index contributed by atoms with van der Waals surface area (Å²) < 4.78 is 21.8. The van der Waals surface area contributed by atoms with Gasteiger partial charge in [0.2, 0.25) is 0 Å². The first kappa shape index (κ1) is 36.6. The van der Waals surface area contributed by atoms with Crippen LogP contribution in [0.25, 0.3) is 0 Å². The zero-order chi connectivity index (χ0) is 30.4. The molecular weight excluding hydrogens is 721 g/mol. The van der Waals surface area contributed by atoms with Gasteiger partial charge < -0.3 is 29.5 Å². The van der Waals surface area contributed by atoms with Gasteiger partial charge in [0.05, 0.1) is 58.0 Å². The van der Waals surface area contributed by atoms with Gasteiger partial charge in [-0.1, -0.05) is 76.2 Å². The van der Waals surface area contributed by atoms with Gasteiger partial charge in [0.25, 0.3) is 0 Å². The number of aromatic nitrogens is 6. The molecule has 3 atom stereocenters. The van der Waals surface area contributed by atoms with Crippen molar-refractivity contribution in [3.8, 4) is 0 Å². The van der Waals surface area contributed by atoms with Gasteiger partial charge in [0.15, 0.2) is 24.9 Å². The molecule has 6 N–H and O–H groups in total. The Balaban J connectivity index is 1.47. The highest BCUT2D eigenvalue weighted by atomic mass is 32.2. The number of ether oxygens (including phenoxy) is 3. The summed E-state index contributed by atoms with van der Waals surface area (Å²) in [4.78, 5) is 0. The molecule has 0 spiro atoms. The van der Waals surface area contributed by atoms with E-state index in [1.807, 2.05) is 6.92 Å². The summed E-state index contributed by atoms with van der Waals surface area (Å²) in [5, 5.41) is 51.7. The van der Waals surface area contributed by atoms with E-state index in [0.29, 0.717) is 35.5 Å². The summed E-state index contributed by atoms with van der Waals surface area (Å²) in [6.07, 6.45) is -1.48. The van der Waals surface area contributed by atoms with Crippen LogP contribution in [0.3, 0.4) is 0 Å². The van der Waals surface area contributed by atoms with Crippen molar-refractivity contribution in [3.63, 3.8) is 0 Å². The summed E-state index contributed by atoms with van der Waals surface area (Å²) >= 11 is 23.4. The van der Waals surface area contributed by atoms with Gasteiger partial charge in [-0.3, -0.25) is 15.3 Å². The Kier molecular flexibility index (Phi) is 17.1. The second-order valence-electron chi connectivity index (χ2n) is 8.93. The molecule has 0 amide bonds. The normalized spacial score (nSPS) is 15.4. The second-order valence-corrected chi connectivity index (χ2v) is 17.7. The van der Waals surface area contributed by atoms with E-state index in [0.717, 1.165) is 13.0 Å². The molecule has 3 aromatic heterocycles. The first-order valence-corrected chi connectivity index (χ1v) is 19.1. The predicted molar refractivity (Wildman–Crippen MR) is 177 cm³/mol. The Labute approximate surface area is 282 Å². The van der Waals surface area contributed by atoms with E-state index < -0.39 is 23.7 Å². The van der Waals surface area contributed by atoms with Gasteiger partial charge in [-0.05, 0) is 43.1 Å². The monoisotopic (exact) mass is 752 g/mol. The van der Waals surface area contributed by atoms with Gasteiger partial charge in [0, 0.05) is 22.7 Å². The van der Waals surface area contributed by atoms with E-state index in [2.05, 4.69) is 30.6 Å². The largest absolute Gasteiger partial charge is 0.390 e. The lowest BCUT2D eigenvalue weighted by molar-refractivity contribution is -0.0961. The van der Waals surface area contributed by atoms with Crippen molar-refractivity contribution in [1.82, 2.24) is 30.6 Å². The SMILES string of the molecule is CCC(COCC(O)CSc1n[nH]c(=S)s1)(COCC(O)CSc1n[nH]c(=S)s1)COCC(O)CSc1n[nH]c(=S)s1. The lowest BCUT2D eigenvalue weighted by atomic mass is 9.88. The molecule has 0 fully saturated rings. The molecule has 42 heavy (non-hydrogen) atoms. The molecular formula is C21H32N6O6S9. The Morgan fingerprint density at radius 1 is 0.667 bits per heavy atom. The van der Waals surface area contributed by atoms with Crippen molar-refractivity contribution in [2.75, 3.05) is 56.9 Å². The molecule has 21 heteroatoms. The minimum atomic E-state index is -0.709. The van der Waals surface area contributed by atoms with Crippen LogP contribution in [0, 0.1) is 17.3 Å². The van der Waals surface area contributed by atoms with E-state index in [1.165, 1.54) is 69.3 Å². The Morgan fingerprint density at radius 2 is 0.976 bits per heavy atom. The third-order valence-electron chi connectivity index (χ3n) is 5.36. The minimum absolute atomic E-state index is 0.119. The maximum atomic E-state index is 10.4. The molecule has 0 bridgehead atoms. The molecule has 3 rings (SSSR count). The Hall–Kier alpha value is 0.150. The summed E-state index contributed by atoms with van der Waals surface area (Å²) in [7, 11) is 0. The zero-order valence-corrected chi connectivity index (χ0v) is 29.7. The van der Waals surface area contributed by atoms with Crippen molar-refractivity contribution < 1.29 is 29.5 Å². The van der Waals surface area contributed by atoms with Crippen LogP contribution in [0.1, 0.15) is 13.3 Å². The number of nitrogens with one attached hydrogen (secondary N) is 3. The number of nitrogens with zero attached hydrogens (tertiary/aromatic N) is 3. The van der Waals surface area contributed by atoms with Gasteiger partial charge in [0.1, 0.15) is 0 Å². The number of aliphatic hydroxyl groups is 3. The number of hydrogen-bond acceptors (Lipinski definition) is 18. The summed E-state index contributed by atoms with van der Waals surface area (Å²) in [6.45, 7) is 3.14. The number of thioether (sulfide) groups is 3. The first-order valence-electron chi connectivity index (χ1n) is 12.5. The van der Waals surface area contributed by atoms with Crippen LogP contribution in [0.5, 0.6) is 0 Å². The summed E-state index contributed by atoms with van der Waals surface area (Å²) in [5.41, 5.74) is -0.558. The van der Waals surface area contributed by atoms with Crippen LogP contribution in [-0.4, -0.2) is 121 Å². The van der Waals surface area contributed by atoms with Crippen molar-refractivity contribution >= 4 is 106 Å². The fourth-order valence-corrected chi connectivity index (χ4v) is 9.19. The maximum Gasteiger partial charge on any atom is 0.177 e. The highest BCUT2D eigenvalue weighted by Crippen LogP contribution is 2.27. The zero-order valence-electron chi connectivity index (χ0n) is 22.4. The van der Waals surface area contributed by atoms with Gasteiger partial charge in [-0.2, -0.15) is 15.3 Å². The molecule has 236 valence electrons. The van der Waals surface area contributed by atoms with E-state index in [4.69, 9.17) is 50.9 Å². The lowest BCUT2D eigenvalue weighted by Gasteiger charge is -2.33. The predicted octanol–water partition coefficient (Wildman–Crippen LogP) is 4.43. The molecule has 3 aromatic rings. The van der Waals surface area contributed by atoms with Crippen LogP contribution in [0.15, 0.2) is 13.0 Å². The quantitative estimate of drug-likeness (QED) is 0.0628. The number of aliphatic hydroxyl groups excluding tert-OH is 3. The Bertz CT molecular complexity index is 1190. The molecule has 0 aliphatic heterocycles. The lowest BCUT2D eigenvalue weighted by Crippen LogP contribution is -2.39. The number of aromatic amines is 3. The smallest absolute Gasteiger partial charge is 0.177 e. The van der Waals surface area contributed by atoms with Crippen LogP contribution >= 0.6 is 106 Å². The third-order valence-corrected chi connectivity index (χ3v) is 12.5. The molecule has 0 saturated carbocycles. The average Bonchev–Trinajstić information content (AvgIpc) is 3.70. The van der Waals surface area contributed by atoms with Gasteiger partial charge in [-0.15, -0.1) is 0 Å². The maximum absolute atomic E-state index is 10.4. The van der Waals surface area contributed by atoms with Crippen molar-refractivity contribution in [2.24, 2.45) is 5.41 Å². The van der Waals surface area contributed by atoms with E-state index in [1.54, 1.807) is 0 Å². The van der Waals surface area contributed by atoms with Crippen LogP contribution < -0.4 is 0 Å². The third kappa shape index (κ3) is 14.1. The number of rotatable bonds is 22. The highest BCUT2D eigenvalue weighted by molar-refractivity contribution is 8.01. The standard InChI is InChI=1S/C21H32N6O6S9/c1-2-21(9-31-3-12(28)6-37-18-25-22-15(34)40-18,10-32-4-13(29)7-38-19-26-23-16(35)41-19)11-33-5-14(30)8-39-20-27-24-17(36)42-20/h12-14,28-30H,2-11H2,1H3,(H,22,34)(H,23,35)(H,24,36). The fourth-order valence-electron chi connectivity index (χ4n) is 3.15. The highest BCUT2D eigenvalue weighted by Gasteiger charge is 2.31. The van der Waals surface area contributed by atoms with E-state index in [9.17, 15) is 15.3 Å². The van der Waals surface area contributed by atoms with Crippen LogP contribution in [0.2, 0.25) is 0 Å². The van der Waals surface area contributed by atoms with Crippen molar-refractivity contribution in [2.45, 2.75) is 44.7 Å². The molecule has 3 unspecified atom stereocenters. The van der Waals surface area contributed by atoms with Crippen LogP contribution in [-0.2, 0) is 14.2 Å². The first-order chi connectivity index (χ1) is 20.2. The summed E-state index contributed by atoms with van der Waals surface area (Å²) in [6, 6.07) is 0. The van der Waals surface area contributed by atoms with Crippen molar-refractivity contribution in [3.05, 3.63) is 11.9 Å². The molecule has 3 heterocycles. The molecule has 0 saturated heterocycles. The van der Waals surface area contributed by atoms with Crippen molar-refractivity contribution in [1.29, 1.82) is 0 Å². The Morgan fingerprint density at radius 3 is 1.21 bits per heavy atom. The topological polar surface area (TPSA) is 174 Å². The number of H-pyrrole nitrogens is 3. The molecule has 12 nitrogen and oxygen atoms in total. The average molecular weight is 753 g/mol. The molecule has 0 radical (unpaired) electrons. The summed E-state index contributed by atoms with van der Waals surface area (Å²) in [5.74, 6) is 1.22. The van der Waals surface area contributed by atoms with E-state index >= 15 is 0 Å². The number of hydrogen-bond donors (Lipinski definition) is 6. The fraction of sp³-hybridized carbons (Fsp3) is 0.714. The second kappa shape index (κ2) is 19.6.